The number of rotatable bonds is 7. The first-order valence-corrected chi connectivity index (χ1v) is 16.3. The molecule has 1 radical (unpaired) electrons. The van der Waals surface area contributed by atoms with E-state index in [1.165, 1.54) is 36.4 Å². The zero-order valence-corrected chi connectivity index (χ0v) is 28.1. The van der Waals surface area contributed by atoms with E-state index in [-0.39, 0.29) is 26.2 Å². The minimum absolute atomic E-state index is 0. The predicted octanol–water partition coefficient (Wildman–Crippen LogP) is 4.79. The van der Waals surface area contributed by atoms with Gasteiger partial charge in [0.2, 0.25) is 0 Å². The Morgan fingerprint density at radius 3 is 1.65 bits per heavy atom. The number of aromatic nitrogens is 6. The molecule has 6 aromatic rings. The number of non-ortho nitro benzene ring substituents is 2. The van der Waals surface area contributed by atoms with Crippen LogP contribution >= 0.6 is 0 Å². The Morgan fingerprint density at radius 1 is 0.704 bits per heavy atom. The van der Waals surface area contributed by atoms with Gasteiger partial charge in [-0.3, -0.25) is 20.2 Å². The van der Waals surface area contributed by atoms with Crippen LogP contribution in [0.25, 0.3) is 22.4 Å². The Balaban J connectivity index is 0.000000189. The highest BCUT2D eigenvalue weighted by Crippen LogP contribution is 2.26. The maximum Gasteiger partial charge on any atom is 0.569 e. The molecule has 0 atom stereocenters. The van der Waals surface area contributed by atoms with E-state index < -0.39 is 9.85 Å². The number of fused-ring (bicyclic) bond motifs is 2. The lowest BCUT2D eigenvalue weighted by molar-refractivity contribution is -0.385. The highest BCUT2D eigenvalue weighted by Gasteiger charge is 2.19. The SMILES string of the molecule is C.C.Cc1nc(N2CCOCC2)c2cccn2n1.O=[N+]([O-])c1ccc(-c2nc(N3CCOCC3)c3cccn3n2)cc1.O=[N+]([O-])c1ccc(O[B]O)cc1. The molecule has 0 amide bonds. The number of aryl methyl sites for hydroxylation is 1. The van der Waals surface area contributed by atoms with E-state index in [1.807, 2.05) is 48.1 Å². The van der Waals surface area contributed by atoms with Crippen LogP contribution in [-0.2, 0) is 9.47 Å². The van der Waals surface area contributed by atoms with Crippen molar-refractivity contribution in [2.75, 3.05) is 62.4 Å². The number of morpholine rings is 2. The molecular weight excluding hydrogens is 699 g/mol. The first-order valence-electron chi connectivity index (χ1n) is 16.3. The number of nitro groups is 2. The summed E-state index contributed by atoms with van der Waals surface area (Å²) in [7, 11) is 0.515. The fourth-order valence-corrected chi connectivity index (χ4v) is 5.52. The summed E-state index contributed by atoms with van der Waals surface area (Å²) in [5.74, 6) is 3.55. The maximum atomic E-state index is 10.8. The first-order chi connectivity index (χ1) is 25.3. The molecule has 19 heteroatoms. The molecule has 4 aromatic heterocycles. The van der Waals surface area contributed by atoms with Crippen molar-refractivity contribution in [3.63, 3.8) is 0 Å². The van der Waals surface area contributed by atoms with Crippen molar-refractivity contribution >= 4 is 41.7 Å². The van der Waals surface area contributed by atoms with Crippen molar-refractivity contribution in [2.24, 2.45) is 0 Å². The van der Waals surface area contributed by atoms with Gasteiger partial charge in [-0.15, -0.1) is 5.10 Å². The van der Waals surface area contributed by atoms with Gasteiger partial charge in [0.25, 0.3) is 11.4 Å². The van der Waals surface area contributed by atoms with Crippen LogP contribution in [0.2, 0.25) is 0 Å². The lowest BCUT2D eigenvalue weighted by atomic mass is 10.2. The average molecular weight is 742 g/mol. The van der Waals surface area contributed by atoms with E-state index in [2.05, 4.69) is 29.6 Å². The smallest absolute Gasteiger partial charge is 0.537 e. The van der Waals surface area contributed by atoms with Gasteiger partial charge < -0.3 is 29.0 Å². The average Bonchev–Trinajstić information content (AvgIpc) is 3.86. The number of benzene rings is 2. The molecule has 2 aromatic carbocycles. The molecule has 2 fully saturated rings. The zero-order chi connectivity index (χ0) is 36.5. The Kier molecular flexibility index (Phi) is 14.3. The maximum absolute atomic E-state index is 10.8. The molecule has 2 aliphatic rings. The van der Waals surface area contributed by atoms with Gasteiger partial charge in [0.15, 0.2) is 17.5 Å². The topological polar surface area (TPSA) is 201 Å². The van der Waals surface area contributed by atoms with Gasteiger partial charge >= 0.3 is 7.69 Å². The monoisotopic (exact) mass is 741 g/mol. The van der Waals surface area contributed by atoms with Crippen LogP contribution in [0.5, 0.6) is 5.75 Å². The fraction of sp³-hybridized carbons (Fsp3) is 0.314. The van der Waals surface area contributed by atoms with Crippen LogP contribution in [0.1, 0.15) is 20.7 Å². The highest BCUT2D eigenvalue weighted by atomic mass is 16.6. The van der Waals surface area contributed by atoms with Gasteiger partial charge in [0.1, 0.15) is 22.6 Å². The Bertz CT molecular complexity index is 2120. The Morgan fingerprint density at radius 2 is 1.17 bits per heavy atom. The van der Waals surface area contributed by atoms with Gasteiger partial charge in [-0.25, -0.2) is 19.0 Å². The molecule has 0 bridgehead atoms. The second-order valence-corrected chi connectivity index (χ2v) is 11.4. The molecule has 2 saturated heterocycles. The second-order valence-electron chi connectivity index (χ2n) is 11.4. The van der Waals surface area contributed by atoms with Crippen LogP contribution < -0.4 is 14.5 Å². The molecular formula is C35H42BN10O8. The van der Waals surface area contributed by atoms with Crippen LogP contribution in [0.4, 0.5) is 23.0 Å². The summed E-state index contributed by atoms with van der Waals surface area (Å²) in [6.07, 6.45) is 3.82. The molecule has 8 rings (SSSR count). The van der Waals surface area contributed by atoms with E-state index >= 15 is 0 Å². The standard InChI is InChI=1S/C16H15N5O3.C11H14N4O.C6H5BNO4.2CH4/c22-21(23)13-5-3-12(4-6-13)15-17-16(19-8-10-24-11-9-19)14-2-1-7-20(14)18-15;1-9-12-11(14-5-7-16-8-6-14)10-3-2-4-15(10)13-9;9-7-12-6-3-1-5(2-4-6)8(10)11;;/h1-7H,8-11H2;2-4H,5-8H2,1H3;1-4,9H;2*1H4. The lowest BCUT2D eigenvalue weighted by Gasteiger charge is -2.28. The van der Waals surface area contributed by atoms with E-state index in [9.17, 15) is 20.2 Å². The molecule has 18 nitrogen and oxygen atoms in total. The molecule has 283 valence electrons. The summed E-state index contributed by atoms with van der Waals surface area (Å²) >= 11 is 0. The quantitative estimate of drug-likeness (QED) is 0.133. The highest BCUT2D eigenvalue weighted by molar-refractivity contribution is 6.17. The number of hydrogen-bond acceptors (Lipinski definition) is 14. The number of nitro benzene ring substituents is 2. The van der Waals surface area contributed by atoms with Gasteiger partial charge in [-0.05, 0) is 55.5 Å². The minimum atomic E-state index is -0.507. The summed E-state index contributed by atoms with van der Waals surface area (Å²) in [5, 5.41) is 38.0. The van der Waals surface area contributed by atoms with Crippen LogP contribution in [-0.4, -0.2) is 104 Å². The summed E-state index contributed by atoms with van der Waals surface area (Å²) in [6.45, 7) is 8.16. The van der Waals surface area contributed by atoms with Gasteiger partial charge in [0, 0.05) is 68.4 Å². The molecule has 0 saturated carbocycles. The van der Waals surface area contributed by atoms with Crippen LogP contribution in [0.3, 0.4) is 0 Å². The van der Waals surface area contributed by atoms with E-state index in [1.54, 1.807) is 16.6 Å². The fourth-order valence-electron chi connectivity index (χ4n) is 5.52. The zero-order valence-electron chi connectivity index (χ0n) is 28.1. The molecule has 2 aliphatic heterocycles. The number of hydrogen-bond donors (Lipinski definition) is 1. The number of ether oxygens (including phenoxy) is 2. The summed E-state index contributed by atoms with van der Waals surface area (Å²) in [6, 6.07) is 19.6. The van der Waals surface area contributed by atoms with Crippen molar-refractivity contribution in [1.29, 1.82) is 0 Å². The minimum Gasteiger partial charge on any atom is -0.537 e. The van der Waals surface area contributed by atoms with Gasteiger partial charge in [0.05, 0.1) is 36.3 Å². The van der Waals surface area contributed by atoms with Gasteiger partial charge in [-0.1, -0.05) is 14.9 Å². The van der Waals surface area contributed by atoms with Crippen LogP contribution in [0.15, 0.2) is 85.2 Å². The third kappa shape index (κ3) is 9.82. The van der Waals surface area contributed by atoms with Crippen molar-refractivity contribution in [2.45, 2.75) is 21.8 Å². The molecule has 1 N–H and O–H groups in total. The first kappa shape index (κ1) is 40.6. The summed E-state index contributed by atoms with van der Waals surface area (Å²) in [4.78, 5) is 33.7. The second kappa shape index (κ2) is 19.1. The van der Waals surface area contributed by atoms with E-state index in [0.29, 0.717) is 32.5 Å². The summed E-state index contributed by atoms with van der Waals surface area (Å²) in [5.41, 5.74) is 2.77. The molecule has 0 spiro atoms. The van der Waals surface area contributed by atoms with E-state index in [4.69, 9.17) is 19.5 Å². The van der Waals surface area contributed by atoms with Crippen LogP contribution in [0, 0.1) is 27.2 Å². The van der Waals surface area contributed by atoms with Crippen molar-refractivity contribution in [3.8, 4) is 17.1 Å². The Hall–Kier alpha value is -6.18. The van der Waals surface area contributed by atoms with Crippen molar-refractivity contribution in [3.05, 3.63) is 111 Å². The molecule has 54 heavy (non-hydrogen) atoms. The number of nitrogens with zero attached hydrogens (tertiary/aromatic N) is 10. The van der Waals surface area contributed by atoms with Gasteiger partial charge in [-0.2, -0.15) is 5.10 Å². The normalized spacial score (nSPS) is 13.7. The molecule has 6 heterocycles. The van der Waals surface area contributed by atoms with Crippen molar-refractivity contribution in [1.82, 2.24) is 29.2 Å². The third-order valence-corrected chi connectivity index (χ3v) is 8.04. The Labute approximate surface area is 312 Å². The van der Waals surface area contributed by atoms with E-state index in [0.717, 1.165) is 73.4 Å². The molecule has 0 unspecified atom stereocenters. The largest absolute Gasteiger partial charge is 0.569 e. The van der Waals surface area contributed by atoms with Crippen molar-refractivity contribution < 1.29 is 29.0 Å². The predicted molar refractivity (Wildman–Crippen MR) is 204 cm³/mol. The third-order valence-electron chi connectivity index (χ3n) is 8.04. The molecule has 0 aliphatic carbocycles. The number of anilines is 2. The lowest BCUT2D eigenvalue weighted by Crippen LogP contribution is -2.37. The summed E-state index contributed by atoms with van der Waals surface area (Å²) < 4.78 is 19.0.